The van der Waals surface area contributed by atoms with Crippen LogP contribution in [0.4, 0.5) is 24.5 Å². The highest BCUT2D eigenvalue weighted by atomic mass is 19.4. The van der Waals surface area contributed by atoms with Crippen LogP contribution in [-0.4, -0.2) is 39.1 Å². The van der Waals surface area contributed by atoms with Crippen molar-refractivity contribution in [1.29, 1.82) is 0 Å². The lowest BCUT2D eigenvalue weighted by Crippen LogP contribution is -2.25. The average molecular weight is 275 g/mol. The van der Waals surface area contributed by atoms with Gasteiger partial charge < -0.3 is 15.5 Å². The van der Waals surface area contributed by atoms with Gasteiger partial charge in [0, 0.05) is 25.0 Å². The van der Waals surface area contributed by atoms with Gasteiger partial charge >= 0.3 is 6.18 Å². The van der Waals surface area contributed by atoms with Crippen molar-refractivity contribution >= 4 is 11.4 Å². The molecule has 6 heteroatoms. The highest BCUT2D eigenvalue weighted by molar-refractivity contribution is 5.60. The molecular weight excluding hydrogens is 255 g/mol. The number of alkyl halides is 3. The molecule has 0 saturated heterocycles. The van der Waals surface area contributed by atoms with Crippen LogP contribution < -0.4 is 10.6 Å². The van der Waals surface area contributed by atoms with Crippen molar-refractivity contribution in [2.75, 3.05) is 44.9 Å². The SMILES string of the molecule is CN(C)CCCN(C)c1ccc(N)cc1C(F)(F)F. The zero-order valence-corrected chi connectivity index (χ0v) is 11.5. The van der Waals surface area contributed by atoms with Crippen LogP contribution in [-0.2, 0) is 6.18 Å². The van der Waals surface area contributed by atoms with Crippen molar-refractivity contribution in [3.8, 4) is 0 Å². The summed E-state index contributed by atoms with van der Waals surface area (Å²) >= 11 is 0. The number of hydrogen-bond donors (Lipinski definition) is 1. The Morgan fingerprint density at radius 2 is 1.74 bits per heavy atom. The standard InChI is InChI=1S/C13H20F3N3/c1-18(2)7-4-8-19(3)12-6-5-10(17)9-11(12)13(14,15)16/h5-6,9H,4,7-8,17H2,1-3H3. The van der Waals surface area contributed by atoms with Crippen molar-refractivity contribution in [1.82, 2.24) is 4.90 Å². The van der Waals surface area contributed by atoms with E-state index in [1.807, 2.05) is 19.0 Å². The second kappa shape index (κ2) is 6.14. The zero-order valence-electron chi connectivity index (χ0n) is 11.5. The monoisotopic (exact) mass is 275 g/mol. The van der Waals surface area contributed by atoms with E-state index in [4.69, 9.17) is 5.73 Å². The molecular formula is C13H20F3N3. The van der Waals surface area contributed by atoms with Crippen molar-refractivity contribution in [3.63, 3.8) is 0 Å². The van der Waals surface area contributed by atoms with E-state index in [1.54, 1.807) is 11.9 Å². The fraction of sp³-hybridized carbons (Fsp3) is 0.538. The Morgan fingerprint density at radius 1 is 1.11 bits per heavy atom. The molecule has 1 rings (SSSR count). The Bertz CT molecular complexity index is 416. The number of nitrogen functional groups attached to an aromatic ring is 1. The minimum Gasteiger partial charge on any atom is -0.399 e. The fourth-order valence-electron chi connectivity index (χ4n) is 1.86. The van der Waals surface area contributed by atoms with E-state index < -0.39 is 11.7 Å². The van der Waals surface area contributed by atoms with Gasteiger partial charge in [-0.2, -0.15) is 13.2 Å². The molecule has 108 valence electrons. The molecule has 0 heterocycles. The van der Waals surface area contributed by atoms with Gasteiger partial charge in [0.1, 0.15) is 0 Å². The molecule has 3 nitrogen and oxygen atoms in total. The summed E-state index contributed by atoms with van der Waals surface area (Å²) in [5.74, 6) is 0. The lowest BCUT2D eigenvalue weighted by atomic mass is 10.1. The summed E-state index contributed by atoms with van der Waals surface area (Å²) in [4.78, 5) is 3.62. The van der Waals surface area contributed by atoms with Gasteiger partial charge in [-0.05, 0) is 45.3 Å². The smallest absolute Gasteiger partial charge is 0.399 e. The molecule has 0 atom stereocenters. The summed E-state index contributed by atoms with van der Waals surface area (Å²) in [7, 11) is 5.53. The van der Waals surface area contributed by atoms with E-state index >= 15 is 0 Å². The Hall–Kier alpha value is -1.43. The zero-order chi connectivity index (χ0) is 14.6. The summed E-state index contributed by atoms with van der Waals surface area (Å²) in [5.41, 5.74) is 5.05. The van der Waals surface area contributed by atoms with E-state index in [9.17, 15) is 13.2 Å². The Kier molecular flexibility index (Phi) is 5.05. The molecule has 19 heavy (non-hydrogen) atoms. The summed E-state index contributed by atoms with van der Waals surface area (Å²) in [6.45, 7) is 1.39. The second-order valence-corrected chi connectivity index (χ2v) is 4.85. The van der Waals surface area contributed by atoms with Crippen LogP contribution in [0.2, 0.25) is 0 Å². The van der Waals surface area contributed by atoms with Gasteiger partial charge in [-0.1, -0.05) is 0 Å². The van der Waals surface area contributed by atoms with Crippen LogP contribution in [0.25, 0.3) is 0 Å². The maximum absolute atomic E-state index is 12.9. The average Bonchev–Trinajstić information content (AvgIpc) is 2.27. The second-order valence-electron chi connectivity index (χ2n) is 4.85. The summed E-state index contributed by atoms with van der Waals surface area (Å²) in [6.07, 6.45) is -3.59. The normalized spacial score (nSPS) is 11.9. The topological polar surface area (TPSA) is 32.5 Å². The van der Waals surface area contributed by atoms with Gasteiger partial charge in [-0.3, -0.25) is 0 Å². The van der Waals surface area contributed by atoms with Gasteiger partial charge in [0.2, 0.25) is 0 Å². The summed E-state index contributed by atoms with van der Waals surface area (Å²) < 4.78 is 38.8. The first-order valence-electron chi connectivity index (χ1n) is 6.04. The highest BCUT2D eigenvalue weighted by Gasteiger charge is 2.34. The molecule has 0 spiro atoms. The Morgan fingerprint density at radius 3 is 2.26 bits per heavy atom. The number of benzene rings is 1. The lowest BCUT2D eigenvalue weighted by Gasteiger charge is -2.24. The van der Waals surface area contributed by atoms with Gasteiger partial charge in [0.15, 0.2) is 0 Å². The molecule has 1 aromatic rings. The maximum Gasteiger partial charge on any atom is 0.418 e. The molecule has 0 unspecified atom stereocenters. The molecule has 0 aliphatic heterocycles. The predicted molar refractivity (Wildman–Crippen MR) is 72.3 cm³/mol. The van der Waals surface area contributed by atoms with Crippen LogP contribution >= 0.6 is 0 Å². The quantitative estimate of drug-likeness (QED) is 0.839. The van der Waals surface area contributed by atoms with Crippen molar-refractivity contribution < 1.29 is 13.2 Å². The van der Waals surface area contributed by atoms with Crippen molar-refractivity contribution in [2.24, 2.45) is 0 Å². The third-order valence-electron chi connectivity index (χ3n) is 2.84. The first-order valence-corrected chi connectivity index (χ1v) is 6.04. The van der Waals surface area contributed by atoms with E-state index in [0.29, 0.717) is 6.54 Å². The molecule has 0 bridgehead atoms. The lowest BCUT2D eigenvalue weighted by molar-refractivity contribution is -0.137. The highest BCUT2D eigenvalue weighted by Crippen LogP contribution is 2.37. The van der Waals surface area contributed by atoms with Gasteiger partial charge in [-0.25, -0.2) is 0 Å². The van der Waals surface area contributed by atoms with Crippen molar-refractivity contribution in [2.45, 2.75) is 12.6 Å². The minimum atomic E-state index is -4.39. The van der Waals surface area contributed by atoms with Crippen LogP contribution in [0, 0.1) is 0 Å². The number of anilines is 2. The third kappa shape index (κ3) is 4.63. The predicted octanol–water partition coefficient (Wildman–Crippen LogP) is 2.68. The largest absolute Gasteiger partial charge is 0.418 e. The number of halogens is 3. The Balaban J connectivity index is 2.87. The van der Waals surface area contributed by atoms with E-state index in [2.05, 4.69) is 0 Å². The number of nitrogens with two attached hydrogens (primary N) is 1. The van der Waals surface area contributed by atoms with Crippen molar-refractivity contribution in [3.05, 3.63) is 23.8 Å². The van der Waals surface area contributed by atoms with E-state index in [1.165, 1.54) is 12.1 Å². The van der Waals surface area contributed by atoms with E-state index in [0.717, 1.165) is 19.0 Å². The van der Waals surface area contributed by atoms with Gasteiger partial charge in [-0.15, -0.1) is 0 Å². The number of rotatable bonds is 5. The number of hydrogen-bond acceptors (Lipinski definition) is 3. The molecule has 0 fully saturated rings. The van der Waals surface area contributed by atoms with Crippen LogP contribution in [0.15, 0.2) is 18.2 Å². The molecule has 0 aromatic heterocycles. The molecule has 0 saturated carbocycles. The van der Waals surface area contributed by atoms with Crippen LogP contribution in [0.1, 0.15) is 12.0 Å². The van der Waals surface area contributed by atoms with Crippen LogP contribution in [0.5, 0.6) is 0 Å². The van der Waals surface area contributed by atoms with Gasteiger partial charge in [0.05, 0.1) is 5.56 Å². The first-order chi connectivity index (χ1) is 8.71. The maximum atomic E-state index is 12.9. The molecule has 0 amide bonds. The minimum absolute atomic E-state index is 0.123. The molecule has 0 radical (unpaired) electrons. The molecule has 2 N–H and O–H groups in total. The fourth-order valence-corrected chi connectivity index (χ4v) is 1.86. The van der Waals surface area contributed by atoms with E-state index in [-0.39, 0.29) is 11.4 Å². The van der Waals surface area contributed by atoms with Gasteiger partial charge in [0.25, 0.3) is 0 Å². The number of nitrogens with zero attached hydrogens (tertiary/aromatic N) is 2. The molecule has 0 aliphatic rings. The van der Waals surface area contributed by atoms with Crippen LogP contribution in [0.3, 0.4) is 0 Å². The summed E-state index contributed by atoms with van der Waals surface area (Å²) in [5, 5.41) is 0. The Labute approximate surface area is 111 Å². The molecule has 1 aromatic carbocycles. The third-order valence-corrected chi connectivity index (χ3v) is 2.84. The summed E-state index contributed by atoms with van der Waals surface area (Å²) in [6, 6.07) is 3.90. The molecule has 0 aliphatic carbocycles. The first kappa shape index (κ1) is 15.6.